The van der Waals surface area contributed by atoms with E-state index in [2.05, 4.69) is 11.8 Å². The van der Waals surface area contributed by atoms with E-state index in [9.17, 15) is 4.79 Å². The molecule has 0 radical (unpaired) electrons. The summed E-state index contributed by atoms with van der Waals surface area (Å²) in [5, 5.41) is 0. The number of rotatable bonds is 2. The third kappa shape index (κ3) is 2.17. The standard InChI is InChI=1S/C12H21NO/c1-2-6-13-7-5-10-8-12(14)4-3-11(10)9-13/h10-11H,2-9H2,1H3/t10-,11+/m0/s1. The maximum Gasteiger partial charge on any atom is 0.133 e. The van der Waals surface area contributed by atoms with Crippen molar-refractivity contribution in [3.05, 3.63) is 0 Å². The molecule has 2 fully saturated rings. The highest BCUT2D eigenvalue weighted by Crippen LogP contribution is 2.34. The van der Waals surface area contributed by atoms with Gasteiger partial charge in [0.05, 0.1) is 0 Å². The summed E-state index contributed by atoms with van der Waals surface area (Å²) in [5.74, 6) is 2.06. The largest absolute Gasteiger partial charge is 0.303 e. The maximum atomic E-state index is 11.3. The molecule has 1 saturated carbocycles. The molecule has 0 aromatic rings. The van der Waals surface area contributed by atoms with Crippen LogP contribution in [-0.2, 0) is 4.79 Å². The van der Waals surface area contributed by atoms with E-state index >= 15 is 0 Å². The van der Waals surface area contributed by atoms with E-state index in [0.717, 1.165) is 31.1 Å². The van der Waals surface area contributed by atoms with Gasteiger partial charge in [-0.3, -0.25) is 4.79 Å². The molecule has 1 heterocycles. The molecule has 1 saturated heterocycles. The van der Waals surface area contributed by atoms with Gasteiger partial charge in [-0.25, -0.2) is 0 Å². The van der Waals surface area contributed by atoms with Gasteiger partial charge in [-0.15, -0.1) is 0 Å². The first-order valence-electron chi connectivity index (χ1n) is 6.03. The Morgan fingerprint density at radius 1 is 1.36 bits per heavy atom. The van der Waals surface area contributed by atoms with E-state index in [4.69, 9.17) is 0 Å². The SMILES string of the molecule is CCCN1CC[C@H]2CC(=O)CC[C@@H]2C1. The Morgan fingerprint density at radius 3 is 3.00 bits per heavy atom. The second-order valence-electron chi connectivity index (χ2n) is 4.89. The van der Waals surface area contributed by atoms with Crippen LogP contribution in [-0.4, -0.2) is 30.3 Å². The zero-order valence-corrected chi connectivity index (χ0v) is 9.17. The average molecular weight is 195 g/mol. The topological polar surface area (TPSA) is 20.3 Å². The van der Waals surface area contributed by atoms with Crippen molar-refractivity contribution in [3.8, 4) is 0 Å². The predicted molar refractivity (Wildman–Crippen MR) is 57.2 cm³/mol. The first-order valence-corrected chi connectivity index (χ1v) is 6.03. The van der Waals surface area contributed by atoms with Crippen LogP contribution in [0.15, 0.2) is 0 Å². The van der Waals surface area contributed by atoms with E-state index in [1.807, 2.05) is 0 Å². The van der Waals surface area contributed by atoms with Crippen molar-refractivity contribution in [2.45, 2.75) is 39.0 Å². The zero-order chi connectivity index (χ0) is 9.97. The van der Waals surface area contributed by atoms with E-state index < -0.39 is 0 Å². The summed E-state index contributed by atoms with van der Waals surface area (Å²) >= 11 is 0. The molecule has 2 rings (SSSR count). The fourth-order valence-corrected chi connectivity index (χ4v) is 3.01. The number of nitrogens with zero attached hydrogens (tertiary/aromatic N) is 1. The summed E-state index contributed by atoms with van der Waals surface area (Å²) < 4.78 is 0. The molecular formula is C12H21NO. The van der Waals surface area contributed by atoms with Gasteiger partial charge in [0.1, 0.15) is 5.78 Å². The smallest absolute Gasteiger partial charge is 0.133 e. The van der Waals surface area contributed by atoms with Crippen LogP contribution >= 0.6 is 0 Å². The molecule has 0 aromatic carbocycles. The van der Waals surface area contributed by atoms with Gasteiger partial charge in [0.15, 0.2) is 0 Å². The highest BCUT2D eigenvalue weighted by Gasteiger charge is 2.33. The van der Waals surface area contributed by atoms with Gasteiger partial charge < -0.3 is 4.90 Å². The normalized spacial score (nSPS) is 34.2. The lowest BCUT2D eigenvalue weighted by Crippen LogP contribution is -2.43. The number of Topliss-reactive ketones (excluding diaryl/α,β-unsaturated/α-hetero) is 1. The molecule has 1 aliphatic heterocycles. The van der Waals surface area contributed by atoms with Gasteiger partial charge in [0.25, 0.3) is 0 Å². The van der Waals surface area contributed by atoms with Crippen molar-refractivity contribution < 1.29 is 4.79 Å². The Balaban J connectivity index is 1.88. The highest BCUT2D eigenvalue weighted by molar-refractivity contribution is 5.79. The van der Waals surface area contributed by atoms with E-state index in [1.165, 1.54) is 32.5 Å². The van der Waals surface area contributed by atoms with Crippen LogP contribution in [0.1, 0.15) is 39.0 Å². The zero-order valence-electron chi connectivity index (χ0n) is 9.17. The first kappa shape index (κ1) is 10.2. The maximum absolute atomic E-state index is 11.3. The van der Waals surface area contributed by atoms with Crippen molar-refractivity contribution in [2.24, 2.45) is 11.8 Å². The van der Waals surface area contributed by atoms with Gasteiger partial charge in [-0.05, 0) is 44.2 Å². The van der Waals surface area contributed by atoms with Gasteiger partial charge in [0, 0.05) is 19.4 Å². The molecule has 0 bridgehead atoms. The van der Waals surface area contributed by atoms with Crippen LogP contribution in [0, 0.1) is 11.8 Å². The van der Waals surface area contributed by atoms with Crippen molar-refractivity contribution >= 4 is 5.78 Å². The fraction of sp³-hybridized carbons (Fsp3) is 0.917. The van der Waals surface area contributed by atoms with Crippen LogP contribution in [0.3, 0.4) is 0 Å². The van der Waals surface area contributed by atoms with Gasteiger partial charge in [-0.1, -0.05) is 6.92 Å². The van der Waals surface area contributed by atoms with Crippen LogP contribution in [0.4, 0.5) is 0 Å². The Bertz CT molecular complexity index is 214. The Kier molecular flexibility index (Phi) is 3.22. The Morgan fingerprint density at radius 2 is 2.21 bits per heavy atom. The van der Waals surface area contributed by atoms with Crippen molar-refractivity contribution in [1.29, 1.82) is 0 Å². The lowest BCUT2D eigenvalue weighted by atomic mass is 9.74. The third-order valence-electron chi connectivity index (χ3n) is 3.80. The van der Waals surface area contributed by atoms with Crippen LogP contribution < -0.4 is 0 Å². The van der Waals surface area contributed by atoms with Gasteiger partial charge >= 0.3 is 0 Å². The first-order chi connectivity index (χ1) is 6.79. The summed E-state index contributed by atoms with van der Waals surface area (Å²) in [7, 11) is 0. The number of piperidine rings is 1. The molecule has 2 aliphatic rings. The molecule has 0 spiro atoms. The van der Waals surface area contributed by atoms with Crippen LogP contribution in [0.25, 0.3) is 0 Å². The van der Waals surface area contributed by atoms with Crippen LogP contribution in [0.5, 0.6) is 0 Å². The molecule has 2 nitrogen and oxygen atoms in total. The Hall–Kier alpha value is -0.370. The summed E-state index contributed by atoms with van der Waals surface area (Å²) in [6, 6.07) is 0. The highest BCUT2D eigenvalue weighted by atomic mass is 16.1. The quantitative estimate of drug-likeness (QED) is 0.672. The number of likely N-dealkylation sites (tertiary alicyclic amines) is 1. The van der Waals surface area contributed by atoms with Crippen molar-refractivity contribution in [2.75, 3.05) is 19.6 Å². The lowest BCUT2D eigenvalue weighted by Gasteiger charge is -2.40. The number of ketones is 1. The minimum Gasteiger partial charge on any atom is -0.303 e. The van der Waals surface area contributed by atoms with Crippen molar-refractivity contribution in [1.82, 2.24) is 4.90 Å². The molecule has 0 aromatic heterocycles. The molecule has 0 amide bonds. The molecule has 80 valence electrons. The molecule has 14 heavy (non-hydrogen) atoms. The number of hydrogen-bond donors (Lipinski definition) is 0. The monoisotopic (exact) mass is 195 g/mol. The summed E-state index contributed by atoms with van der Waals surface area (Å²) in [4.78, 5) is 13.9. The lowest BCUT2D eigenvalue weighted by molar-refractivity contribution is -0.123. The van der Waals surface area contributed by atoms with E-state index in [-0.39, 0.29) is 0 Å². The summed E-state index contributed by atoms with van der Waals surface area (Å²) in [6.07, 6.45) is 5.40. The molecule has 2 heteroatoms. The van der Waals surface area contributed by atoms with E-state index in [0.29, 0.717) is 5.78 Å². The van der Waals surface area contributed by atoms with Gasteiger partial charge in [-0.2, -0.15) is 0 Å². The summed E-state index contributed by atoms with van der Waals surface area (Å²) in [5.41, 5.74) is 0. The fourth-order valence-electron chi connectivity index (χ4n) is 3.01. The number of carbonyl (C=O) groups excluding carboxylic acids is 1. The van der Waals surface area contributed by atoms with Crippen molar-refractivity contribution in [3.63, 3.8) is 0 Å². The predicted octanol–water partition coefficient (Wildman–Crippen LogP) is 2.09. The third-order valence-corrected chi connectivity index (χ3v) is 3.80. The second-order valence-corrected chi connectivity index (χ2v) is 4.89. The minimum atomic E-state index is 0.509. The molecule has 1 aliphatic carbocycles. The van der Waals surface area contributed by atoms with Crippen LogP contribution in [0.2, 0.25) is 0 Å². The average Bonchev–Trinajstić information content (AvgIpc) is 2.19. The summed E-state index contributed by atoms with van der Waals surface area (Å²) in [6.45, 7) is 5.97. The Labute approximate surface area is 86.7 Å². The molecule has 2 atom stereocenters. The number of fused-ring (bicyclic) bond motifs is 1. The van der Waals surface area contributed by atoms with E-state index in [1.54, 1.807) is 0 Å². The number of hydrogen-bond acceptors (Lipinski definition) is 2. The van der Waals surface area contributed by atoms with Gasteiger partial charge in [0.2, 0.25) is 0 Å². The molecule has 0 N–H and O–H groups in total. The minimum absolute atomic E-state index is 0.509. The number of carbonyl (C=O) groups is 1. The molecule has 0 unspecified atom stereocenters. The molecular weight excluding hydrogens is 174 g/mol. The second kappa shape index (κ2) is 4.43.